The van der Waals surface area contributed by atoms with Crippen LogP contribution >= 0.6 is 23.5 Å². The summed E-state index contributed by atoms with van der Waals surface area (Å²) in [5.74, 6) is 1.56. The summed E-state index contributed by atoms with van der Waals surface area (Å²) in [4.78, 5) is 19.9. The van der Waals surface area contributed by atoms with Crippen LogP contribution in [0.5, 0.6) is 5.75 Å². The number of benzene rings is 1. The van der Waals surface area contributed by atoms with Crippen molar-refractivity contribution in [2.24, 2.45) is 0 Å². The molecule has 0 aromatic heterocycles. The molecule has 2 unspecified atom stereocenters. The third kappa shape index (κ3) is 12.6. The normalized spacial score (nSPS) is 18.4. The van der Waals surface area contributed by atoms with Crippen molar-refractivity contribution in [2.75, 3.05) is 24.7 Å². The quantitative estimate of drug-likeness (QED) is 0.523. The van der Waals surface area contributed by atoms with Gasteiger partial charge in [0.05, 0.1) is 13.2 Å². The molecule has 2 atom stereocenters. The topological polar surface area (TPSA) is 93.1 Å². The van der Waals surface area contributed by atoms with Gasteiger partial charge in [-0.1, -0.05) is 25.1 Å². The Bertz CT molecular complexity index is 540. The fourth-order valence-electron chi connectivity index (χ4n) is 2.07. The number of thioether (sulfide) groups is 2. The Balaban J connectivity index is 0.000000646. The lowest BCUT2D eigenvalue weighted by Gasteiger charge is -2.09. The average molecular weight is 417 g/mol. The van der Waals surface area contributed by atoms with Crippen LogP contribution in [0.1, 0.15) is 32.6 Å². The minimum Gasteiger partial charge on any atom is -0.494 e. The van der Waals surface area contributed by atoms with Gasteiger partial charge in [-0.3, -0.25) is 9.59 Å². The summed E-state index contributed by atoms with van der Waals surface area (Å²) in [5.41, 5.74) is 0.0584. The van der Waals surface area contributed by atoms with Crippen LogP contribution in [-0.2, 0) is 14.3 Å². The summed E-state index contributed by atoms with van der Waals surface area (Å²) in [5, 5.41) is 16.9. The number of carboxylic acid groups (broad SMARTS) is 2. The summed E-state index contributed by atoms with van der Waals surface area (Å²) < 4.78 is 11.3. The van der Waals surface area contributed by atoms with Crippen LogP contribution in [0.3, 0.4) is 0 Å². The molecule has 2 N–H and O–H groups in total. The number of ether oxygens (including phenoxy) is 2. The van der Waals surface area contributed by atoms with E-state index in [2.05, 4.69) is 0 Å². The summed E-state index contributed by atoms with van der Waals surface area (Å²) in [7, 11) is 0. The molecule has 2 rings (SSSR count). The second kappa shape index (κ2) is 14.6. The van der Waals surface area contributed by atoms with Crippen LogP contribution in [0.4, 0.5) is 0 Å². The van der Waals surface area contributed by atoms with E-state index in [9.17, 15) is 9.59 Å². The van der Waals surface area contributed by atoms with Gasteiger partial charge in [-0.25, -0.2) is 0 Å². The van der Waals surface area contributed by atoms with Crippen molar-refractivity contribution < 1.29 is 29.3 Å². The highest BCUT2D eigenvalue weighted by atomic mass is 32.2. The van der Waals surface area contributed by atoms with Crippen molar-refractivity contribution in [3.05, 3.63) is 30.3 Å². The van der Waals surface area contributed by atoms with Crippen LogP contribution in [0.25, 0.3) is 0 Å². The first-order valence-corrected chi connectivity index (χ1v) is 11.1. The molecule has 0 radical (unpaired) electrons. The Morgan fingerprint density at radius 3 is 2.59 bits per heavy atom. The molecule has 27 heavy (non-hydrogen) atoms. The molecule has 1 fully saturated rings. The Hall–Kier alpha value is -1.38. The van der Waals surface area contributed by atoms with Gasteiger partial charge in [-0.2, -0.15) is 11.8 Å². The van der Waals surface area contributed by atoms with Gasteiger partial charge < -0.3 is 19.7 Å². The van der Waals surface area contributed by atoms with E-state index in [1.54, 1.807) is 18.7 Å². The Morgan fingerprint density at radius 1 is 1.26 bits per heavy atom. The maximum absolute atomic E-state index is 10.5. The molecule has 8 heteroatoms. The van der Waals surface area contributed by atoms with Crippen molar-refractivity contribution in [1.82, 2.24) is 0 Å². The van der Waals surface area contributed by atoms with Crippen molar-refractivity contribution in [2.45, 2.75) is 43.3 Å². The highest BCUT2D eigenvalue weighted by molar-refractivity contribution is 8.03. The second-order valence-corrected chi connectivity index (χ2v) is 8.41. The highest BCUT2D eigenvalue weighted by Gasteiger charge is 2.26. The van der Waals surface area contributed by atoms with Gasteiger partial charge in [0.1, 0.15) is 11.2 Å². The van der Waals surface area contributed by atoms with Crippen LogP contribution in [-0.4, -0.2) is 57.6 Å². The lowest BCUT2D eigenvalue weighted by molar-refractivity contribution is -0.138. The molecule has 0 bridgehead atoms. The third-order valence-corrected chi connectivity index (χ3v) is 6.25. The maximum Gasteiger partial charge on any atom is 0.303 e. The van der Waals surface area contributed by atoms with E-state index in [0.29, 0.717) is 11.7 Å². The van der Waals surface area contributed by atoms with Crippen molar-refractivity contribution in [3.8, 4) is 5.75 Å². The van der Waals surface area contributed by atoms with E-state index in [1.165, 1.54) is 0 Å². The monoisotopic (exact) mass is 416 g/mol. The molecule has 1 heterocycles. The first kappa shape index (κ1) is 23.7. The molecular formula is C19H28O6S2. The summed E-state index contributed by atoms with van der Waals surface area (Å²) in [6, 6.07) is 9.87. The minimum atomic E-state index is -0.750. The fourth-order valence-corrected chi connectivity index (χ4v) is 4.52. The first-order valence-electron chi connectivity index (χ1n) is 8.97. The van der Waals surface area contributed by atoms with E-state index in [0.717, 1.165) is 36.9 Å². The predicted molar refractivity (Wildman–Crippen MR) is 110 cm³/mol. The summed E-state index contributed by atoms with van der Waals surface area (Å²) >= 11 is 3.69. The molecule has 6 nitrogen and oxygen atoms in total. The predicted octanol–water partition coefficient (Wildman–Crippen LogP) is 3.99. The standard InChI is InChI=1S/C16H22O4S2.C3H6O2/c17-15(18)7-8-16-20-11-14(22-16)12-21-10-4-9-19-13-5-2-1-3-6-13;1-2-3(4)5/h1-3,5-6,14,16H,4,7-12H2,(H,17,18);2H2,1H3,(H,4,5). The number of aliphatic carboxylic acids is 2. The maximum atomic E-state index is 10.5. The van der Waals surface area contributed by atoms with Crippen LogP contribution in [0.15, 0.2) is 30.3 Å². The minimum absolute atomic E-state index is 0.0584. The number of para-hydroxylation sites is 1. The molecule has 152 valence electrons. The zero-order valence-corrected chi connectivity index (χ0v) is 17.2. The van der Waals surface area contributed by atoms with E-state index in [1.807, 2.05) is 42.1 Å². The fraction of sp³-hybridized carbons (Fsp3) is 0.579. The van der Waals surface area contributed by atoms with E-state index < -0.39 is 11.9 Å². The van der Waals surface area contributed by atoms with Gasteiger partial charge in [0.25, 0.3) is 0 Å². The molecule has 0 spiro atoms. The van der Waals surface area contributed by atoms with Crippen molar-refractivity contribution in [3.63, 3.8) is 0 Å². The van der Waals surface area contributed by atoms with E-state index >= 15 is 0 Å². The Kier molecular flexibility index (Phi) is 12.8. The van der Waals surface area contributed by atoms with Gasteiger partial charge in [0.2, 0.25) is 0 Å². The largest absolute Gasteiger partial charge is 0.494 e. The molecule has 1 aromatic rings. The van der Waals surface area contributed by atoms with Gasteiger partial charge in [-0.05, 0) is 30.7 Å². The number of rotatable bonds is 11. The van der Waals surface area contributed by atoms with E-state index in [4.69, 9.17) is 19.7 Å². The highest BCUT2D eigenvalue weighted by Crippen LogP contribution is 2.32. The molecule has 1 aromatic carbocycles. The number of carbonyl (C=O) groups is 2. The van der Waals surface area contributed by atoms with Crippen molar-refractivity contribution >= 4 is 35.5 Å². The van der Waals surface area contributed by atoms with Gasteiger partial charge in [0, 0.05) is 23.8 Å². The van der Waals surface area contributed by atoms with Crippen LogP contribution in [0, 0.1) is 0 Å². The smallest absolute Gasteiger partial charge is 0.303 e. The lowest BCUT2D eigenvalue weighted by atomic mass is 10.3. The SMILES string of the molecule is CCC(=O)O.O=C(O)CCC1OCC(CSCCCOc2ccccc2)S1. The Morgan fingerprint density at radius 2 is 1.96 bits per heavy atom. The number of hydrogen-bond acceptors (Lipinski definition) is 6. The Labute approximate surface area is 169 Å². The molecule has 0 aliphatic carbocycles. The molecule has 0 amide bonds. The zero-order valence-electron chi connectivity index (χ0n) is 15.5. The molecule has 1 aliphatic heterocycles. The van der Waals surface area contributed by atoms with Crippen molar-refractivity contribution in [1.29, 1.82) is 0 Å². The zero-order chi connectivity index (χ0) is 19.9. The molecular weight excluding hydrogens is 388 g/mol. The average Bonchev–Trinajstić information content (AvgIpc) is 3.12. The third-order valence-electron chi connectivity index (χ3n) is 3.46. The van der Waals surface area contributed by atoms with E-state index in [-0.39, 0.29) is 18.3 Å². The van der Waals surface area contributed by atoms with Crippen LogP contribution in [0.2, 0.25) is 0 Å². The second-order valence-electron chi connectivity index (χ2n) is 5.79. The molecule has 1 aliphatic rings. The molecule has 0 saturated carbocycles. The first-order chi connectivity index (χ1) is 13.0. The summed E-state index contributed by atoms with van der Waals surface area (Å²) in [6.07, 6.45) is 2.04. The number of hydrogen-bond donors (Lipinski definition) is 2. The van der Waals surface area contributed by atoms with Gasteiger partial charge >= 0.3 is 11.9 Å². The van der Waals surface area contributed by atoms with Gasteiger partial charge in [0.15, 0.2) is 0 Å². The van der Waals surface area contributed by atoms with Gasteiger partial charge in [-0.15, -0.1) is 11.8 Å². The van der Waals surface area contributed by atoms with Crippen LogP contribution < -0.4 is 4.74 Å². The summed E-state index contributed by atoms with van der Waals surface area (Å²) in [6.45, 7) is 3.08. The number of carboxylic acids is 2. The molecule has 1 saturated heterocycles. The lowest BCUT2D eigenvalue weighted by Crippen LogP contribution is -2.07.